The topological polar surface area (TPSA) is 64.2 Å². The molecule has 0 bridgehead atoms. The molecule has 0 spiro atoms. The number of halogens is 1. The van der Waals surface area contributed by atoms with Gasteiger partial charge in [-0.2, -0.15) is 0 Å². The quantitative estimate of drug-likeness (QED) is 0.335. The molecule has 0 saturated heterocycles. The number of benzene rings is 2. The van der Waals surface area contributed by atoms with Crippen LogP contribution < -0.4 is 0 Å². The third kappa shape index (κ3) is 5.41. The van der Waals surface area contributed by atoms with Crippen LogP contribution in [-0.4, -0.2) is 38.4 Å². The summed E-state index contributed by atoms with van der Waals surface area (Å²) in [7, 11) is 1.77. The second-order valence-electron chi connectivity index (χ2n) is 7.42. The first-order valence-corrected chi connectivity index (χ1v) is 11.5. The fourth-order valence-corrected chi connectivity index (χ4v) is 4.30. The lowest BCUT2D eigenvalue weighted by atomic mass is 10.1. The van der Waals surface area contributed by atoms with E-state index in [-0.39, 0.29) is 11.7 Å². The molecule has 0 fully saturated rings. The number of aryl methyl sites for hydroxylation is 1. The van der Waals surface area contributed by atoms with E-state index in [1.165, 1.54) is 11.8 Å². The Hall–Kier alpha value is -3.03. The highest BCUT2D eigenvalue weighted by atomic mass is 35.5. The Balaban J connectivity index is 1.52. The molecule has 0 N–H and O–H groups in total. The molecule has 2 aromatic carbocycles. The SMILES string of the molecule is Cc1ccc(CN(C)C(=O)CSc2nnc(Cc3ccccc3)n2-c2ccc(Cl)cc2)o1. The predicted molar refractivity (Wildman–Crippen MR) is 126 cm³/mol. The number of hydrogen-bond acceptors (Lipinski definition) is 5. The summed E-state index contributed by atoms with van der Waals surface area (Å²) >= 11 is 7.45. The Morgan fingerprint density at radius 2 is 1.81 bits per heavy atom. The van der Waals surface area contributed by atoms with Crippen molar-refractivity contribution in [2.45, 2.75) is 25.0 Å². The van der Waals surface area contributed by atoms with Gasteiger partial charge >= 0.3 is 0 Å². The average molecular weight is 467 g/mol. The summed E-state index contributed by atoms with van der Waals surface area (Å²) in [6.07, 6.45) is 0.628. The van der Waals surface area contributed by atoms with E-state index in [2.05, 4.69) is 22.3 Å². The van der Waals surface area contributed by atoms with E-state index < -0.39 is 0 Å². The summed E-state index contributed by atoms with van der Waals surface area (Å²) in [5.41, 5.74) is 2.04. The third-order valence-corrected chi connectivity index (χ3v) is 6.10. The minimum absolute atomic E-state index is 0.0145. The van der Waals surface area contributed by atoms with Crippen LogP contribution in [0.25, 0.3) is 5.69 Å². The fraction of sp³-hybridized carbons (Fsp3) is 0.208. The van der Waals surface area contributed by atoms with Crippen molar-refractivity contribution in [3.8, 4) is 5.69 Å². The normalized spacial score (nSPS) is 11.0. The van der Waals surface area contributed by atoms with Crippen molar-refractivity contribution < 1.29 is 9.21 Å². The van der Waals surface area contributed by atoms with Gasteiger partial charge in [0.25, 0.3) is 0 Å². The Morgan fingerprint density at radius 1 is 1.06 bits per heavy atom. The zero-order chi connectivity index (χ0) is 22.5. The largest absolute Gasteiger partial charge is 0.464 e. The Kier molecular flexibility index (Phi) is 6.97. The Morgan fingerprint density at radius 3 is 2.50 bits per heavy atom. The van der Waals surface area contributed by atoms with E-state index >= 15 is 0 Å². The highest BCUT2D eigenvalue weighted by Gasteiger charge is 2.18. The van der Waals surface area contributed by atoms with Crippen molar-refractivity contribution in [1.82, 2.24) is 19.7 Å². The second-order valence-corrected chi connectivity index (χ2v) is 8.80. The van der Waals surface area contributed by atoms with Gasteiger partial charge in [0.1, 0.15) is 17.3 Å². The van der Waals surface area contributed by atoms with Gasteiger partial charge in [-0.25, -0.2) is 0 Å². The van der Waals surface area contributed by atoms with Crippen molar-refractivity contribution >= 4 is 29.3 Å². The molecule has 4 aromatic rings. The van der Waals surface area contributed by atoms with Crippen LogP contribution in [0.1, 0.15) is 22.9 Å². The monoisotopic (exact) mass is 466 g/mol. The maximum atomic E-state index is 12.7. The molecule has 32 heavy (non-hydrogen) atoms. The first kappa shape index (κ1) is 22.2. The molecule has 2 aromatic heterocycles. The highest BCUT2D eigenvalue weighted by Crippen LogP contribution is 2.25. The summed E-state index contributed by atoms with van der Waals surface area (Å²) in [5.74, 6) is 2.62. The molecule has 6 nitrogen and oxygen atoms in total. The number of carbonyl (C=O) groups is 1. The summed E-state index contributed by atoms with van der Waals surface area (Å²) < 4.78 is 7.56. The maximum absolute atomic E-state index is 12.7. The second kappa shape index (κ2) is 10.1. The molecule has 164 valence electrons. The summed E-state index contributed by atoms with van der Waals surface area (Å²) in [5, 5.41) is 10.1. The standard InChI is InChI=1S/C24H23ClN4O2S/c1-17-8-13-21(31-17)15-28(2)23(30)16-32-24-27-26-22(14-18-6-4-3-5-7-18)29(24)20-11-9-19(25)10-12-20/h3-13H,14-16H2,1-2H3. The predicted octanol–water partition coefficient (Wildman–Crippen LogP) is 5.16. The molecular formula is C24H23ClN4O2S. The van der Waals surface area contributed by atoms with E-state index in [0.717, 1.165) is 28.6 Å². The van der Waals surface area contributed by atoms with Crippen LogP contribution in [0.3, 0.4) is 0 Å². The van der Waals surface area contributed by atoms with E-state index in [9.17, 15) is 4.79 Å². The molecule has 0 radical (unpaired) electrons. The molecule has 0 atom stereocenters. The summed E-state index contributed by atoms with van der Waals surface area (Å²) in [6, 6.07) is 21.4. The van der Waals surface area contributed by atoms with Gasteiger partial charge in [0.2, 0.25) is 5.91 Å². The van der Waals surface area contributed by atoms with E-state index in [4.69, 9.17) is 16.0 Å². The molecule has 0 saturated carbocycles. The smallest absolute Gasteiger partial charge is 0.233 e. The lowest BCUT2D eigenvalue weighted by Gasteiger charge is -2.16. The molecule has 0 aliphatic carbocycles. The van der Waals surface area contributed by atoms with Crippen LogP contribution in [0.2, 0.25) is 5.02 Å². The first-order valence-electron chi connectivity index (χ1n) is 10.2. The number of carbonyl (C=O) groups excluding carboxylic acids is 1. The zero-order valence-electron chi connectivity index (χ0n) is 17.9. The molecular weight excluding hydrogens is 444 g/mol. The first-order chi connectivity index (χ1) is 15.5. The van der Waals surface area contributed by atoms with Gasteiger partial charge in [-0.1, -0.05) is 53.7 Å². The number of furan rings is 1. The van der Waals surface area contributed by atoms with Crippen molar-refractivity contribution in [1.29, 1.82) is 0 Å². The van der Waals surface area contributed by atoms with Crippen LogP contribution in [0.15, 0.2) is 76.3 Å². The van der Waals surface area contributed by atoms with Crippen LogP contribution in [0.4, 0.5) is 0 Å². The minimum atomic E-state index is -0.0145. The van der Waals surface area contributed by atoms with Crippen molar-refractivity contribution in [3.05, 3.63) is 94.7 Å². The van der Waals surface area contributed by atoms with E-state index in [1.54, 1.807) is 11.9 Å². The van der Waals surface area contributed by atoms with Gasteiger partial charge in [-0.05, 0) is 48.9 Å². The number of rotatable bonds is 8. The molecule has 8 heteroatoms. The highest BCUT2D eigenvalue weighted by molar-refractivity contribution is 7.99. The Bertz CT molecular complexity index is 1190. The number of hydrogen-bond donors (Lipinski definition) is 0. The van der Waals surface area contributed by atoms with E-state index in [1.807, 2.05) is 66.1 Å². The van der Waals surface area contributed by atoms with Crippen LogP contribution >= 0.6 is 23.4 Å². The summed E-state index contributed by atoms with van der Waals surface area (Å²) in [4.78, 5) is 14.4. The van der Waals surface area contributed by atoms with Gasteiger partial charge in [0.05, 0.1) is 12.3 Å². The number of amides is 1. The lowest BCUT2D eigenvalue weighted by Crippen LogP contribution is -2.27. The summed E-state index contributed by atoms with van der Waals surface area (Å²) in [6.45, 7) is 2.31. The van der Waals surface area contributed by atoms with Crippen molar-refractivity contribution in [2.75, 3.05) is 12.8 Å². The van der Waals surface area contributed by atoms with Crippen molar-refractivity contribution in [2.24, 2.45) is 0 Å². The van der Waals surface area contributed by atoms with Crippen LogP contribution in [0.5, 0.6) is 0 Å². The molecule has 0 aliphatic rings. The van der Waals surface area contributed by atoms with Crippen LogP contribution in [-0.2, 0) is 17.8 Å². The molecule has 0 unspecified atom stereocenters. The van der Waals surface area contributed by atoms with Crippen molar-refractivity contribution in [3.63, 3.8) is 0 Å². The Labute approximate surface area is 196 Å². The van der Waals surface area contributed by atoms with Gasteiger partial charge in [-0.3, -0.25) is 9.36 Å². The number of thioether (sulfide) groups is 1. The van der Waals surface area contributed by atoms with E-state index in [0.29, 0.717) is 23.1 Å². The molecule has 1 amide bonds. The molecule has 2 heterocycles. The third-order valence-electron chi connectivity index (χ3n) is 4.93. The number of aromatic nitrogens is 3. The van der Waals surface area contributed by atoms with Crippen LogP contribution in [0, 0.1) is 6.92 Å². The average Bonchev–Trinajstić information content (AvgIpc) is 3.39. The zero-order valence-corrected chi connectivity index (χ0v) is 19.4. The number of nitrogens with zero attached hydrogens (tertiary/aromatic N) is 4. The maximum Gasteiger partial charge on any atom is 0.233 e. The minimum Gasteiger partial charge on any atom is -0.464 e. The van der Waals surface area contributed by atoms with Gasteiger partial charge in [0.15, 0.2) is 5.16 Å². The molecule has 4 rings (SSSR count). The molecule has 0 aliphatic heterocycles. The van der Waals surface area contributed by atoms with Gasteiger partial charge in [-0.15, -0.1) is 10.2 Å². The fourth-order valence-electron chi connectivity index (χ4n) is 3.26. The van der Waals surface area contributed by atoms with Gasteiger partial charge in [0, 0.05) is 24.2 Å². The lowest BCUT2D eigenvalue weighted by molar-refractivity contribution is -0.127. The van der Waals surface area contributed by atoms with Gasteiger partial charge < -0.3 is 9.32 Å².